The minimum Gasteiger partial charge on any atom is -0.459 e. The smallest absolute Gasteiger partial charge is 0.286 e. The minimum absolute atomic E-state index is 0.0411. The second-order valence-electron chi connectivity index (χ2n) is 7.41. The zero-order valence-electron chi connectivity index (χ0n) is 17.7. The van der Waals surface area contributed by atoms with Gasteiger partial charge in [-0.2, -0.15) is 0 Å². The first-order valence-corrected chi connectivity index (χ1v) is 10.6. The SMILES string of the molecule is O=C(NCc1ccccc1)C1=C[C@@H](c2ccc3c(c2)OCO3)C[C@@H](OCCOCCO)O1. The molecule has 4 rings (SSSR count). The van der Waals surface area contributed by atoms with Gasteiger partial charge in [-0.1, -0.05) is 36.4 Å². The molecule has 0 aromatic heterocycles. The van der Waals surface area contributed by atoms with Crippen molar-refractivity contribution in [3.05, 3.63) is 71.5 Å². The Balaban J connectivity index is 1.45. The van der Waals surface area contributed by atoms with E-state index in [2.05, 4.69) is 5.32 Å². The van der Waals surface area contributed by atoms with E-state index in [1.165, 1.54) is 0 Å². The monoisotopic (exact) mass is 441 g/mol. The lowest BCUT2D eigenvalue weighted by Gasteiger charge is -2.29. The van der Waals surface area contributed by atoms with Gasteiger partial charge in [0.15, 0.2) is 17.3 Å². The second kappa shape index (κ2) is 11.0. The number of hydrogen-bond acceptors (Lipinski definition) is 7. The van der Waals surface area contributed by atoms with Crippen molar-refractivity contribution < 1.29 is 33.6 Å². The van der Waals surface area contributed by atoms with Gasteiger partial charge in [-0.15, -0.1) is 0 Å². The summed E-state index contributed by atoms with van der Waals surface area (Å²) in [6.07, 6.45) is 1.75. The number of rotatable bonds is 10. The van der Waals surface area contributed by atoms with Crippen LogP contribution < -0.4 is 14.8 Å². The summed E-state index contributed by atoms with van der Waals surface area (Å²) in [4.78, 5) is 12.8. The van der Waals surface area contributed by atoms with Crippen molar-refractivity contribution in [2.24, 2.45) is 0 Å². The number of aliphatic hydroxyl groups is 1. The Morgan fingerprint density at radius 3 is 2.75 bits per heavy atom. The largest absolute Gasteiger partial charge is 0.459 e. The number of carbonyl (C=O) groups excluding carboxylic acids is 1. The van der Waals surface area contributed by atoms with Crippen LogP contribution in [-0.2, 0) is 25.5 Å². The highest BCUT2D eigenvalue weighted by Crippen LogP contribution is 2.38. The van der Waals surface area contributed by atoms with Gasteiger partial charge in [0.1, 0.15) is 0 Å². The molecule has 1 amide bonds. The molecular formula is C24H27NO7. The Kier molecular flexibility index (Phi) is 7.60. The zero-order valence-corrected chi connectivity index (χ0v) is 17.7. The number of nitrogens with one attached hydrogen (secondary N) is 1. The molecule has 0 fully saturated rings. The molecule has 0 aliphatic carbocycles. The Morgan fingerprint density at radius 1 is 1.06 bits per heavy atom. The minimum atomic E-state index is -0.606. The lowest BCUT2D eigenvalue weighted by Crippen LogP contribution is -2.33. The maximum atomic E-state index is 12.8. The van der Waals surface area contributed by atoms with E-state index < -0.39 is 6.29 Å². The van der Waals surface area contributed by atoms with E-state index >= 15 is 0 Å². The van der Waals surface area contributed by atoms with Crippen LogP contribution in [0.1, 0.15) is 23.5 Å². The molecule has 2 heterocycles. The molecule has 2 aliphatic heterocycles. The third-order valence-corrected chi connectivity index (χ3v) is 5.17. The number of fused-ring (bicyclic) bond motifs is 1. The van der Waals surface area contributed by atoms with Crippen molar-refractivity contribution in [3.63, 3.8) is 0 Å². The average molecular weight is 441 g/mol. The molecule has 0 saturated heterocycles. The lowest BCUT2D eigenvalue weighted by molar-refractivity contribution is -0.151. The highest BCUT2D eigenvalue weighted by molar-refractivity contribution is 5.91. The van der Waals surface area contributed by atoms with Gasteiger partial charge in [-0.3, -0.25) is 4.79 Å². The topological polar surface area (TPSA) is 95.5 Å². The van der Waals surface area contributed by atoms with Gasteiger partial charge >= 0.3 is 0 Å². The molecule has 32 heavy (non-hydrogen) atoms. The maximum Gasteiger partial charge on any atom is 0.286 e. The molecule has 170 valence electrons. The number of hydrogen-bond donors (Lipinski definition) is 2. The van der Waals surface area contributed by atoms with Gasteiger partial charge < -0.3 is 34.1 Å². The first-order chi connectivity index (χ1) is 15.7. The van der Waals surface area contributed by atoms with Gasteiger partial charge in [0.25, 0.3) is 5.91 Å². The number of amides is 1. The Bertz CT molecular complexity index is 931. The van der Waals surface area contributed by atoms with E-state index in [-0.39, 0.29) is 44.2 Å². The van der Waals surface area contributed by atoms with Gasteiger partial charge in [0.05, 0.1) is 26.4 Å². The fraction of sp³-hybridized carbons (Fsp3) is 0.375. The van der Waals surface area contributed by atoms with Crippen molar-refractivity contribution in [1.29, 1.82) is 0 Å². The fourth-order valence-electron chi connectivity index (χ4n) is 3.56. The standard InChI is InChI=1S/C24H27NO7/c26-8-9-28-10-11-29-23-14-19(18-6-7-20-21(12-18)31-16-30-20)13-22(32-23)24(27)25-15-17-4-2-1-3-5-17/h1-7,12-13,19,23,26H,8-11,14-16H2,(H,25,27)/t19-,23+/m1/s1. The van der Waals surface area contributed by atoms with Gasteiger partial charge in [0, 0.05) is 18.9 Å². The first kappa shape index (κ1) is 22.1. The summed E-state index contributed by atoms with van der Waals surface area (Å²) in [7, 11) is 0. The van der Waals surface area contributed by atoms with Crippen molar-refractivity contribution in [1.82, 2.24) is 5.32 Å². The molecule has 2 N–H and O–H groups in total. The lowest BCUT2D eigenvalue weighted by atomic mass is 9.92. The molecule has 2 aromatic carbocycles. The van der Waals surface area contributed by atoms with Crippen LogP contribution in [-0.4, -0.2) is 50.5 Å². The average Bonchev–Trinajstić information content (AvgIpc) is 3.31. The first-order valence-electron chi connectivity index (χ1n) is 10.6. The summed E-state index contributed by atoms with van der Waals surface area (Å²) in [6.45, 7) is 1.43. The van der Waals surface area contributed by atoms with Gasteiger partial charge in [0.2, 0.25) is 13.1 Å². The fourth-order valence-corrected chi connectivity index (χ4v) is 3.56. The number of allylic oxidation sites excluding steroid dienone is 1. The highest BCUT2D eigenvalue weighted by Gasteiger charge is 2.29. The maximum absolute atomic E-state index is 12.8. The van der Waals surface area contributed by atoms with Crippen LogP contribution in [0, 0.1) is 0 Å². The van der Waals surface area contributed by atoms with Gasteiger partial charge in [-0.25, -0.2) is 0 Å². The van der Waals surface area contributed by atoms with Crippen molar-refractivity contribution in [3.8, 4) is 11.5 Å². The van der Waals surface area contributed by atoms with E-state index in [1.54, 1.807) is 0 Å². The van der Waals surface area contributed by atoms with Gasteiger partial charge in [-0.05, 0) is 29.3 Å². The molecule has 0 bridgehead atoms. The molecule has 0 unspecified atom stereocenters. The van der Waals surface area contributed by atoms with E-state index in [0.717, 1.165) is 11.1 Å². The normalized spacial score (nSPS) is 19.2. The summed E-state index contributed by atoms with van der Waals surface area (Å²) >= 11 is 0. The second-order valence-corrected chi connectivity index (χ2v) is 7.41. The van der Waals surface area contributed by atoms with Crippen LogP contribution >= 0.6 is 0 Å². The number of ether oxygens (including phenoxy) is 5. The molecule has 8 nitrogen and oxygen atoms in total. The third-order valence-electron chi connectivity index (χ3n) is 5.17. The summed E-state index contributed by atoms with van der Waals surface area (Å²) in [5.74, 6) is 1.21. The van der Waals surface area contributed by atoms with Crippen molar-refractivity contribution in [2.45, 2.75) is 25.2 Å². The summed E-state index contributed by atoms with van der Waals surface area (Å²) in [5, 5.41) is 11.7. The van der Waals surface area contributed by atoms with E-state index in [4.69, 9.17) is 28.8 Å². The molecule has 0 saturated carbocycles. The Hall–Kier alpha value is -3.07. The van der Waals surface area contributed by atoms with E-state index in [9.17, 15) is 4.79 Å². The van der Waals surface area contributed by atoms with Crippen LogP contribution in [0.15, 0.2) is 60.4 Å². The molecule has 2 aliphatic rings. The third kappa shape index (κ3) is 5.79. The summed E-state index contributed by atoms with van der Waals surface area (Å²) < 4.78 is 27.8. The van der Waals surface area contributed by atoms with Crippen LogP contribution in [0.5, 0.6) is 11.5 Å². The molecule has 8 heteroatoms. The molecule has 0 radical (unpaired) electrons. The zero-order chi connectivity index (χ0) is 22.2. The predicted octanol–water partition coefficient (Wildman–Crippen LogP) is 2.47. The number of benzene rings is 2. The quantitative estimate of drug-likeness (QED) is 0.547. The highest BCUT2D eigenvalue weighted by atomic mass is 16.7. The summed E-state index contributed by atoms with van der Waals surface area (Å²) in [5.41, 5.74) is 1.98. The Labute approximate surface area is 186 Å². The van der Waals surface area contributed by atoms with Crippen LogP contribution in [0.2, 0.25) is 0 Å². The summed E-state index contributed by atoms with van der Waals surface area (Å²) in [6, 6.07) is 15.4. The number of carbonyl (C=O) groups is 1. The van der Waals surface area contributed by atoms with E-state index in [1.807, 2.05) is 54.6 Å². The van der Waals surface area contributed by atoms with E-state index in [0.29, 0.717) is 31.1 Å². The van der Waals surface area contributed by atoms with Crippen LogP contribution in [0.4, 0.5) is 0 Å². The molecule has 2 atom stereocenters. The van der Waals surface area contributed by atoms with Crippen molar-refractivity contribution >= 4 is 5.91 Å². The Morgan fingerprint density at radius 2 is 1.91 bits per heavy atom. The van der Waals surface area contributed by atoms with Crippen molar-refractivity contribution in [2.75, 3.05) is 33.2 Å². The van der Waals surface area contributed by atoms with Crippen LogP contribution in [0.25, 0.3) is 0 Å². The predicted molar refractivity (Wildman–Crippen MR) is 115 cm³/mol. The molecule has 0 spiro atoms. The molecule has 2 aromatic rings. The molecular weight excluding hydrogens is 414 g/mol. The number of aliphatic hydroxyl groups excluding tert-OH is 1. The van der Waals surface area contributed by atoms with Crippen LogP contribution in [0.3, 0.4) is 0 Å².